The largest absolute Gasteiger partial charge is 0.378 e. The number of fused-ring (bicyclic) bond motifs is 1. The molecule has 0 spiro atoms. The van der Waals surface area contributed by atoms with Crippen LogP contribution in [0.1, 0.15) is 24.4 Å². The average molecular weight is 292 g/mol. The van der Waals surface area contributed by atoms with Gasteiger partial charge in [0.05, 0.1) is 19.3 Å². The van der Waals surface area contributed by atoms with Crippen LogP contribution in [0.3, 0.4) is 0 Å². The highest BCUT2D eigenvalue weighted by Gasteiger charge is 2.23. The van der Waals surface area contributed by atoms with Crippen molar-refractivity contribution in [1.29, 1.82) is 0 Å². The molecule has 1 amide bonds. The minimum Gasteiger partial charge on any atom is -0.378 e. The van der Waals surface area contributed by atoms with Gasteiger partial charge >= 0.3 is 0 Å². The predicted octanol–water partition coefficient (Wildman–Crippen LogP) is 1.72. The minimum atomic E-state index is 0.111. The zero-order valence-corrected chi connectivity index (χ0v) is 12.2. The standard InChI is InChI=1S/C15H20N2O2S/c18-15(9-11-10-19-7-6-16-11)17-13-5-8-20-14-4-2-1-3-12(13)14/h1-4,11,13,16H,5-10H2,(H,17,18). The first-order valence-electron chi connectivity index (χ1n) is 7.15. The van der Waals surface area contributed by atoms with Gasteiger partial charge in [0, 0.05) is 29.7 Å². The Balaban J connectivity index is 1.59. The lowest BCUT2D eigenvalue weighted by molar-refractivity contribution is -0.123. The Morgan fingerprint density at radius 2 is 2.35 bits per heavy atom. The van der Waals surface area contributed by atoms with Crippen molar-refractivity contribution in [2.24, 2.45) is 0 Å². The molecule has 0 aromatic heterocycles. The molecule has 2 heterocycles. The fourth-order valence-corrected chi connectivity index (χ4v) is 3.85. The van der Waals surface area contributed by atoms with E-state index in [-0.39, 0.29) is 18.0 Å². The molecular formula is C15H20N2O2S. The van der Waals surface area contributed by atoms with Crippen molar-refractivity contribution in [2.45, 2.75) is 29.8 Å². The molecule has 0 bridgehead atoms. The van der Waals surface area contributed by atoms with E-state index in [2.05, 4.69) is 28.8 Å². The molecule has 4 nitrogen and oxygen atoms in total. The number of benzene rings is 1. The van der Waals surface area contributed by atoms with Gasteiger partial charge in [-0.25, -0.2) is 0 Å². The van der Waals surface area contributed by atoms with Crippen molar-refractivity contribution in [3.05, 3.63) is 29.8 Å². The lowest BCUT2D eigenvalue weighted by Crippen LogP contribution is -2.44. The van der Waals surface area contributed by atoms with Gasteiger partial charge in [0.25, 0.3) is 0 Å². The zero-order valence-electron chi connectivity index (χ0n) is 11.4. The van der Waals surface area contributed by atoms with Crippen molar-refractivity contribution in [3.63, 3.8) is 0 Å². The van der Waals surface area contributed by atoms with E-state index < -0.39 is 0 Å². The summed E-state index contributed by atoms with van der Waals surface area (Å²) in [5, 5.41) is 6.49. The molecule has 2 unspecified atom stereocenters. The summed E-state index contributed by atoms with van der Waals surface area (Å²) in [5.41, 5.74) is 1.25. The molecule has 0 saturated carbocycles. The Kier molecular flexibility index (Phi) is 4.60. The first-order valence-corrected chi connectivity index (χ1v) is 8.14. The molecule has 2 N–H and O–H groups in total. The maximum absolute atomic E-state index is 12.2. The van der Waals surface area contributed by atoms with Crippen LogP contribution >= 0.6 is 11.8 Å². The van der Waals surface area contributed by atoms with Crippen molar-refractivity contribution in [2.75, 3.05) is 25.5 Å². The van der Waals surface area contributed by atoms with E-state index in [4.69, 9.17) is 4.74 Å². The Morgan fingerprint density at radius 1 is 1.45 bits per heavy atom. The minimum absolute atomic E-state index is 0.111. The van der Waals surface area contributed by atoms with Crippen LogP contribution in [-0.2, 0) is 9.53 Å². The number of morpholine rings is 1. The van der Waals surface area contributed by atoms with E-state index in [1.54, 1.807) is 0 Å². The molecule has 5 heteroatoms. The number of hydrogen-bond acceptors (Lipinski definition) is 4. The molecular weight excluding hydrogens is 272 g/mol. The van der Waals surface area contributed by atoms with Gasteiger partial charge < -0.3 is 15.4 Å². The third-order valence-electron chi connectivity index (χ3n) is 3.72. The molecule has 3 rings (SSSR count). The third kappa shape index (κ3) is 3.34. The number of carbonyl (C=O) groups is 1. The summed E-state index contributed by atoms with van der Waals surface area (Å²) < 4.78 is 5.38. The third-order valence-corrected chi connectivity index (χ3v) is 4.85. The number of ether oxygens (including phenoxy) is 1. The van der Waals surface area contributed by atoms with Crippen LogP contribution in [0.5, 0.6) is 0 Å². The summed E-state index contributed by atoms with van der Waals surface area (Å²) in [6.45, 7) is 2.21. The maximum atomic E-state index is 12.2. The Hall–Kier alpha value is -1.04. The van der Waals surface area contributed by atoms with Crippen LogP contribution in [0, 0.1) is 0 Å². The monoisotopic (exact) mass is 292 g/mol. The summed E-state index contributed by atoms with van der Waals surface area (Å²) in [6, 6.07) is 8.66. The highest BCUT2D eigenvalue weighted by atomic mass is 32.2. The number of nitrogens with one attached hydrogen (secondary N) is 2. The summed E-state index contributed by atoms with van der Waals surface area (Å²) >= 11 is 1.87. The first-order chi connectivity index (χ1) is 9.83. The van der Waals surface area contributed by atoms with E-state index in [1.807, 2.05) is 17.8 Å². The quantitative estimate of drug-likeness (QED) is 0.890. The molecule has 2 aliphatic heterocycles. The van der Waals surface area contributed by atoms with Crippen LogP contribution in [0.15, 0.2) is 29.2 Å². The van der Waals surface area contributed by atoms with Crippen LogP contribution in [-0.4, -0.2) is 37.5 Å². The van der Waals surface area contributed by atoms with Crippen LogP contribution in [0.25, 0.3) is 0 Å². The van der Waals surface area contributed by atoms with Gasteiger partial charge in [0.1, 0.15) is 0 Å². The summed E-state index contributed by atoms with van der Waals surface area (Å²) in [5.74, 6) is 1.17. The van der Waals surface area contributed by atoms with Crippen LogP contribution < -0.4 is 10.6 Å². The van der Waals surface area contributed by atoms with Gasteiger partial charge in [0.2, 0.25) is 5.91 Å². The number of rotatable bonds is 3. The Morgan fingerprint density at radius 3 is 3.20 bits per heavy atom. The Bertz CT molecular complexity index is 475. The predicted molar refractivity (Wildman–Crippen MR) is 79.9 cm³/mol. The highest BCUT2D eigenvalue weighted by molar-refractivity contribution is 7.99. The molecule has 20 heavy (non-hydrogen) atoms. The number of amides is 1. The topological polar surface area (TPSA) is 50.4 Å². The molecule has 1 aromatic rings. The lowest BCUT2D eigenvalue weighted by atomic mass is 10.0. The van der Waals surface area contributed by atoms with E-state index >= 15 is 0 Å². The molecule has 0 radical (unpaired) electrons. The fourth-order valence-electron chi connectivity index (χ4n) is 2.72. The number of carbonyl (C=O) groups excluding carboxylic acids is 1. The second-order valence-electron chi connectivity index (χ2n) is 5.23. The highest BCUT2D eigenvalue weighted by Crippen LogP contribution is 2.35. The van der Waals surface area contributed by atoms with E-state index in [1.165, 1.54) is 10.5 Å². The summed E-state index contributed by atoms with van der Waals surface area (Å²) in [7, 11) is 0. The molecule has 108 valence electrons. The second kappa shape index (κ2) is 6.61. The Labute approximate surface area is 123 Å². The first kappa shape index (κ1) is 13.9. The molecule has 0 aliphatic carbocycles. The SMILES string of the molecule is O=C(CC1COCCN1)NC1CCSc2ccccc21. The van der Waals surface area contributed by atoms with Crippen molar-refractivity contribution >= 4 is 17.7 Å². The smallest absolute Gasteiger partial charge is 0.222 e. The van der Waals surface area contributed by atoms with E-state index in [9.17, 15) is 4.79 Å². The fraction of sp³-hybridized carbons (Fsp3) is 0.533. The average Bonchev–Trinajstić information content (AvgIpc) is 2.48. The molecule has 2 aliphatic rings. The van der Waals surface area contributed by atoms with Crippen molar-refractivity contribution in [3.8, 4) is 0 Å². The van der Waals surface area contributed by atoms with Gasteiger partial charge in [-0.1, -0.05) is 18.2 Å². The zero-order chi connectivity index (χ0) is 13.8. The van der Waals surface area contributed by atoms with E-state index in [0.29, 0.717) is 13.0 Å². The van der Waals surface area contributed by atoms with Gasteiger partial charge in [-0.3, -0.25) is 4.79 Å². The second-order valence-corrected chi connectivity index (χ2v) is 6.36. The van der Waals surface area contributed by atoms with Crippen molar-refractivity contribution < 1.29 is 9.53 Å². The van der Waals surface area contributed by atoms with Gasteiger partial charge in [0.15, 0.2) is 0 Å². The number of thioether (sulfide) groups is 1. The van der Waals surface area contributed by atoms with E-state index in [0.717, 1.165) is 25.3 Å². The van der Waals surface area contributed by atoms with Crippen LogP contribution in [0.2, 0.25) is 0 Å². The molecule has 2 atom stereocenters. The maximum Gasteiger partial charge on any atom is 0.222 e. The van der Waals surface area contributed by atoms with Crippen molar-refractivity contribution in [1.82, 2.24) is 10.6 Å². The van der Waals surface area contributed by atoms with Gasteiger partial charge in [-0.2, -0.15) is 0 Å². The lowest BCUT2D eigenvalue weighted by Gasteiger charge is -2.28. The van der Waals surface area contributed by atoms with Crippen LogP contribution in [0.4, 0.5) is 0 Å². The van der Waals surface area contributed by atoms with Gasteiger partial charge in [-0.05, 0) is 18.1 Å². The molecule has 1 fully saturated rings. The summed E-state index contributed by atoms with van der Waals surface area (Å²) in [6.07, 6.45) is 1.49. The molecule has 1 saturated heterocycles. The normalized spacial score (nSPS) is 25.8. The summed E-state index contributed by atoms with van der Waals surface area (Å²) in [4.78, 5) is 13.5. The number of hydrogen-bond donors (Lipinski definition) is 2. The van der Waals surface area contributed by atoms with Gasteiger partial charge in [-0.15, -0.1) is 11.8 Å². The molecule has 1 aromatic carbocycles.